The van der Waals surface area contributed by atoms with Gasteiger partial charge in [-0.1, -0.05) is 152 Å². The van der Waals surface area contributed by atoms with Gasteiger partial charge in [0.05, 0.1) is 45.6 Å². The SMILES string of the molecule is c1ccc(-c2cc(-c3ccc(-c4nc(-c5ccccc5)cc(-c5ccccc5)n4)cn3)nc(-c3cc(-c4cc(-c5ccccc5)nc(-c5ccccc5)n4)ccn3)c2)cc1. The number of pyridine rings is 3. The summed E-state index contributed by atoms with van der Waals surface area (Å²) in [6.07, 6.45) is 3.64. The molecular weight excluding hydrogens is 735 g/mol. The van der Waals surface area contributed by atoms with E-state index in [0.717, 1.165) is 67.3 Å². The fraction of sp³-hybridized carbons (Fsp3) is 0. The summed E-state index contributed by atoms with van der Waals surface area (Å²) in [5.41, 5.74) is 13.9. The molecule has 0 aliphatic heterocycles. The Labute approximate surface area is 347 Å². The van der Waals surface area contributed by atoms with Crippen LogP contribution < -0.4 is 0 Å². The summed E-state index contributed by atoms with van der Waals surface area (Å²) in [5, 5.41) is 0. The first kappa shape index (κ1) is 36.1. The molecule has 5 heterocycles. The second-order valence-corrected chi connectivity index (χ2v) is 14.2. The molecule has 60 heavy (non-hydrogen) atoms. The van der Waals surface area contributed by atoms with Crippen molar-refractivity contribution in [2.75, 3.05) is 0 Å². The van der Waals surface area contributed by atoms with Gasteiger partial charge in [-0.25, -0.2) is 24.9 Å². The van der Waals surface area contributed by atoms with Crippen LogP contribution in [0.3, 0.4) is 0 Å². The Morgan fingerprint density at radius 2 is 0.633 bits per heavy atom. The molecule has 0 saturated carbocycles. The highest BCUT2D eigenvalue weighted by atomic mass is 14.9. The molecule has 0 saturated heterocycles. The smallest absolute Gasteiger partial charge is 0.161 e. The van der Waals surface area contributed by atoms with Crippen molar-refractivity contribution in [3.63, 3.8) is 0 Å². The Morgan fingerprint density at radius 1 is 0.217 bits per heavy atom. The number of rotatable bonds is 9. The lowest BCUT2D eigenvalue weighted by molar-refractivity contribution is 1.16. The molecule has 0 N–H and O–H groups in total. The maximum atomic E-state index is 5.19. The Bertz CT molecular complexity index is 2940. The van der Waals surface area contributed by atoms with Gasteiger partial charge in [0, 0.05) is 45.8 Å². The molecule has 0 atom stereocenters. The molecule has 10 rings (SSSR count). The second kappa shape index (κ2) is 16.3. The minimum atomic E-state index is 0.595. The van der Waals surface area contributed by atoms with Crippen LogP contribution in [0.1, 0.15) is 0 Å². The van der Waals surface area contributed by atoms with Gasteiger partial charge in [0.15, 0.2) is 11.6 Å². The summed E-state index contributed by atoms with van der Waals surface area (Å²) in [7, 11) is 0. The fourth-order valence-electron chi connectivity index (χ4n) is 7.16. The lowest BCUT2D eigenvalue weighted by Gasteiger charge is -2.12. The molecule has 0 amide bonds. The zero-order valence-corrected chi connectivity index (χ0v) is 32.3. The van der Waals surface area contributed by atoms with Gasteiger partial charge >= 0.3 is 0 Å². The second-order valence-electron chi connectivity index (χ2n) is 14.2. The fourth-order valence-corrected chi connectivity index (χ4v) is 7.16. The predicted molar refractivity (Wildman–Crippen MR) is 240 cm³/mol. The van der Waals surface area contributed by atoms with Gasteiger partial charge in [0.25, 0.3) is 0 Å². The number of hydrogen-bond donors (Lipinski definition) is 0. The van der Waals surface area contributed by atoms with Crippen molar-refractivity contribution in [3.05, 3.63) is 213 Å². The van der Waals surface area contributed by atoms with E-state index in [2.05, 4.69) is 60.7 Å². The minimum Gasteiger partial charge on any atom is -0.255 e. The summed E-state index contributed by atoms with van der Waals surface area (Å²) in [6.45, 7) is 0. The van der Waals surface area contributed by atoms with Gasteiger partial charge in [-0.2, -0.15) is 0 Å². The lowest BCUT2D eigenvalue weighted by Crippen LogP contribution is -1.98. The molecule has 0 unspecified atom stereocenters. The Morgan fingerprint density at radius 3 is 1.12 bits per heavy atom. The van der Waals surface area contributed by atoms with E-state index in [1.165, 1.54) is 0 Å². The van der Waals surface area contributed by atoms with Crippen LogP contribution in [-0.2, 0) is 0 Å². The van der Waals surface area contributed by atoms with Gasteiger partial charge in [0.1, 0.15) is 0 Å². The van der Waals surface area contributed by atoms with E-state index in [1.54, 1.807) is 0 Å². The molecule has 0 radical (unpaired) electrons. The van der Waals surface area contributed by atoms with Crippen molar-refractivity contribution in [1.29, 1.82) is 0 Å². The third-order valence-electron chi connectivity index (χ3n) is 10.2. The van der Waals surface area contributed by atoms with E-state index in [1.807, 2.05) is 152 Å². The first-order valence-electron chi connectivity index (χ1n) is 19.7. The molecule has 7 heteroatoms. The van der Waals surface area contributed by atoms with Crippen LogP contribution in [0.4, 0.5) is 0 Å². The standard InChI is InChI=1S/C53H35N7/c1-6-16-36(17-7-1)43-31-50(44-27-26-42(35-55-44)53-58-45(37-18-8-2-9-19-37)33-46(59-53)38-20-10-3-11-21-38)56-51(32-43)49-30-41(28-29-54-49)48-34-47(39-22-12-4-13-23-39)57-52(60-48)40-24-14-5-15-25-40/h1-35H. The zero-order valence-electron chi connectivity index (χ0n) is 32.3. The third kappa shape index (κ3) is 7.71. The van der Waals surface area contributed by atoms with Crippen molar-refractivity contribution in [1.82, 2.24) is 34.9 Å². The van der Waals surface area contributed by atoms with E-state index in [0.29, 0.717) is 34.4 Å². The summed E-state index contributed by atoms with van der Waals surface area (Å²) in [5.74, 6) is 1.25. The number of benzene rings is 5. The number of nitrogens with zero attached hydrogens (tertiary/aromatic N) is 7. The first-order chi connectivity index (χ1) is 29.7. The van der Waals surface area contributed by atoms with E-state index in [-0.39, 0.29) is 0 Å². The molecule has 10 aromatic rings. The van der Waals surface area contributed by atoms with Crippen molar-refractivity contribution in [3.8, 4) is 102 Å². The highest BCUT2D eigenvalue weighted by Crippen LogP contribution is 2.33. The summed E-state index contributed by atoms with van der Waals surface area (Å²) < 4.78 is 0. The van der Waals surface area contributed by atoms with Crippen molar-refractivity contribution < 1.29 is 0 Å². The molecule has 0 spiro atoms. The molecule has 282 valence electrons. The van der Waals surface area contributed by atoms with E-state index < -0.39 is 0 Å². The highest BCUT2D eigenvalue weighted by molar-refractivity contribution is 5.78. The van der Waals surface area contributed by atoms with E-state index in [4.69, 9.17) is 34.9 Å². The maximum Gasteiger partial charge on any atom is 0.161 e. The molecule has 7 nitrogen and oxygen atoms in total. The summed E-state index contributed by atoms with van der Waals surface area (Å²) >= 11 is 0. The zero-order chi connectivity index (χ0) is 40.1. The molecule has 0 fully saturated rings. The van der Waals surface area contributed by atoms with Crippen LogP contribution in [0.25, 0.3) is 102 Å². The van der Waals surface area contributed by atoms with Crippen molar-refractivity contribution in [2.24, 2.45) is 0 Å². The van der Waals surface area contributed by atoms with Crippen LogP contribution in [-0.4, -0.2) is 34.9 Å². The molecule has 0 aliphatic carbocycles. The van der Waals surface area contributed by atoms with Gasteiger partial charge in [-0.15, -0.1) is 0 Å². The Balaban J connectivity index is 1.05. The topological polar surface area (TPSA) is 90.2 Å². The van der Waals surface area contributed by atoms with Gasteiger partial charge in [-0.05, 0) is 59.7 Å². The van der Waals surface area contributed by atoms with E-state index in [9.17, 15) is 0 Å². The van der Waals surface area contributed by atoms with Crippen LogP contribution >= 0.6 is 0 Å². The third-order valence-corrected chi connectivity index (χ3v) is 10.2. The van der Waals surface area contributed by atoms with Crippen LogP contribution in [0.5, 0.6) is 0 Å². The monoisotopic (exact) mass is 769 g/mol. The average molecular weight is 770 g/mol. The average Bonchev–Trinajstić information content (AvgIpc) is 3.35. The number of hydrogen-bond acceptors (Lipinski definition) is 7. The predicted octanol–water partition coefficient (Wildman–Crippen LogP) is 12.5. The van der Waals surface area contributed by atoms with E-state index >= 15 is 0 Å². The van der Waals surface area contributed by atoms with Gasteiger partial charge in [-0.3, -0.25) is 9.97 Å². The van der Waals surface area contributed by atoms with Gasteiger partial charge < -0.3 is 0 Å². The van der Waals surface area contributed by atoms with Crippen LogP contribution in [0, 0.1) is 0 Å². The largest absolute Gasteiger partial charge is 0.255 e. The number of aromatic nitrogens is 7. The summed E-state index contributed by atoms with van der Waals surface area (Å²) in [4.78, 5) is 35.0. The molecular formula is C53H35N7. The Kier molecular flexibility index (Phi) is 9.79. The molecule has 5 aromatic carbocycles. The van der Waals surface area contributed by atoms with Crippen LogP contribution in [0.2, 0.25) is 0 Å². The van der Waals surface area contributed by atoms with Crippen molar-refractivity contribution >= 4 is 0 Å². The quantitative estimate of drug-likeness (QED) is 0.144. The van der Waals surface area contributed by atoms with Crippen LogP contribution in [0.15, 0.2) is 213 Å². The summed E-state index contributed by atoms with van der Waals surface area (Å²) in [6, 6.07) is 67.1. The maximum absolute atomic E-state index is 5.19. The highest BCUT2D eigenvalue weighted by Gasteiger charge is 2.16. The molecule has 5 aromatic heterocycles. The van der Waals surface area contributed by atoms with Gasteiger partial charge in [0.2, 0.25) is 0 Å². The Hall–Kier alpha value is -8.29. The molecule has 0 aliphatic rings. The lowest BCUT2D eigenvalue weighted by atomic mass is 10.0. The molecule has 0 bridgehead atoms. The normalized spacial score (nSPS) is 11.0. The first-order valence-corrected chi connectivity index (χ1v) is 19.7. The van der Waals surface area contributed by atoms with Crippen molar-refractivity contribution in [2.45, 2.75) is 0 Å². The minimum absolute atomic E-state index is 0.595.